The van der Waals surface area contributed by atoms with Gasteiger partial charge in [0, 0.05) is 19.2 Å². The smallest absolute Gasteiger partial charge is 0.224 e. The zero-order chi connectivity index (χ0) is 13.8. The number of ether oxygens (including phenoxy) is 2. The average molecular weight is 271 g/mol. The Labute approximate surface area is 118 Å². The van der Waals surface area contributed by atoms with Gasteiger partial charge in [0.15, 0.2) is 11.5 Å². The molecule has 5 nitrogen and oxygen atoms in total. The minimum atomic E-state index is 0.534. The quantitative estimate of drug-likeness (QED) is 0.855. The molecule has 0 unspecified atom stereocenters. The molecule has 2 aromatic rings. The van der Waals surface area contributed by atoms with Crippen molar-refractivity contribution < 1.29 is 9.47 Å². The number of methoxy groups -OCH3 is 1. The number of benzene rings is 1. The zero-order valence-electron chi connectivity index (χ0n) is 11.5. The second-order valence-electron chi connectivity index (χ2n) is 4.66. The van der Waals surface area contributed by atoms with Gasteiger partial charge in [-0.1, -0.05) is 12.1 Å². The molecule has 0 amide bonds. The Morgan fingerprint density at radius 3 is 2.55 bits per heavy atom. The van der Waals surface area contributed by atoms with E-state index in [9.17, 15) is 0 Å². The zero-order valence-corrected chi connectivity index (χ0v) is 11.5. The highest BCUT2D eigenvalue weighted by molar-refractivity contribution is 5.45. The van der Waals surface area contributed by atoms with Gasteiger partial charge in [0.25, 0.3) is 0 Å². The van der Waals surface area contributed by atoms with Crippen LogP contribution in [0.2, 0.25) is 0 Å². The molecule has 1 fully saturated rings. The molecule has 1 aliphatic heterocycles. The van der Waals surface area contributed by atoms with Crippen molar-refractivity contribution >= 4 is 5.82 Å². The molecule has 0 spiro atoms. The van der Waals surface area contributed by atoms with Crippen LogP contribution in [0.5, 0.6) is 17.4 Å². The number of hydrogen-bond acceptors (Lipinski definition) is 5. The molecule has 1 aromatic carbocycles. The van der Waals surface area contributed by atoms with Gasteiger partial charge in [-0.2, -0.15) is 0 Å². The Kier molecular flexibility index (Phi) is 3.67. The van der Waals surface area contributed by atoms with Gasteiger partial charge in [-0.15, -0.1) is 0 Å². The topological polar surface area (TPSA) is 47.5 Å². The lowest BCUT2D eigenvalue weighted by Gasteiger charge is -2.16. The lowest BCUT2D eigenvalue weighted by atomic mass is 10.3. The molecule has 2 heterocycles. The summed E-state index contributed by atoms with van der Waals surface area (Å²) in [6.45, 7) is 2.09. The Balaban J connectivity index is 1.82. The number of anilines is 1. The van der Waals surface area contributed by atoms with Crippen molar-refractivity contribution in [2.24, 2.45) is 0 Å². The maximum absolute atomic E-state index is 5.80. The molecule has 20 heavy (non-hydrogen) atoms. The van der Waals surface area contributed by atoms with Gasteiger partial charge in [0.1, 0.15) is 12.1 Å². The maximum Gasteiger partial charge on any atom is 0.224 e. The van der Waals surface area contributed by atoms with E-state index in [0.29, 0.717) is 17.4 Å². The van der Waals surface area contributed by atoms with Gasteiger partial charge in [-0.25, -0.2) is 9.97 Å². The van der Waals surface area contributed by atoms with E-state index in [0.717, 1.165) is 18.9 Å². The molecular formula is C15H17N3O2. The van der Waals surface area contributed by atoms with Gasteiger partial charge in [0.05, 0.1) is 7.11 Å². The predicted octanol–water partition coefficient (Wildman–Crippen LogP) is 2.88. The van der Waals surface area contributed by atoms with Crippen LogP contribution in [0.3, 0.4) is 0 Å². The van der Waals surface area contributed by atoms with Gasteiger partial charge in [-0.05, 0) is 25.0 Å². The standard InChI is InChI=1S/C15H17N3O2/c1-19-12-6-2-3-7-13(12)20-15-10-14(16-11-17-15)18-8-4-5-9-18/h2-3,6-7,10-11H,4-5,8-9H2,1H3. The number of rotatable bonds is 4. The summed E-state index contributed by atoms with van der Waals surface area (Å²) in [6.07, 6.45) is 3.97. The summed E-state index contributed by atoms with van der Waals surface area (Å²) in [5.41, 5.74) is 0. The highest BCUT2D eigenvalue weighted by Crippen LogP contribution is 2.31. The third-order valence-electron chi connectivity index (χ3n) is 3.34. The first-order valence-electron chi connectivity index (χ1n) is 6.74. The second kappa shape index (κ2) is 5.77. The molecule has 5 heteroatoms. The van der Waals surface area contributed by atoms with Crippen molar-refractivity contribution in [3.8, 4) is 17.4 Å². The Hall–Kier alpha value is -2.30. The monoisotopic (exact) mass is 271 g/mol. The fraction of sp³-hybridized carbons (Fsp3) is 0.333. The number of aromatic nitrogens is 2. The maximum atomic E-state index is 5.80. The average Bonchev–Trinajstić information content (AvgIpc) is 3.02. The van der Waals surface area contributed by atoms with Crippen LogP contribution in [0.15, 0.2) is 36.7 Å². The van der Waals surface area contributed by atoms with Crippen LogP contribution in [-0.4, -0.2) is 30.2 Å². The SMILES string of the molecule is COc1ccccc1Oc1cc(N2CCCC2)ncn1. The third kappa shape index (κ3) is 2.66. The van der Waals surface area contributed by atoms with Crippen molar-refractivity contribution in [3.63, 3.8) is 0 Å². The molecule has 3 rings (SSSR count). The van der Waals surface area contributed by atoms with Crippen molar-refractivity contribution in [1.82, 2.24) is 9.97 Å². The normalized spacial score (nSPS) is 14.3. The van der Waals surface area contributed by atoms with E-state index >= 15 is 0 Å². The Bertz CT molecular complexity index is 583. The summed E-state index contributed by atoms with van der Waals surface area (Å²) < 4.78 is 11.1. The summed E-state index contributed by atoms with van der Waals surface area (Å²) in [5, 5.41) is 0. The van der Waals surface area contributed by atoms with E-state index < -0.39 is 0 Å². The lowest BCUT2D eigenvalue weighted by Crippen LogP contribution is -2.18. The van der Waals surface area contributed by atoms with Crippen LogP contribution in [0.25, 0.3) is 0 Å². The Morgan fingerprint density at radius 2 is 1.80 bits per heavy atom. The van der Waals surface area contributed by atoms with Crippen LogP contribution < -0.4 is 14.4 Å². The first-order chi connectivity index (χ1) is 9.86. The molecule has 0 bridgehead atoms. The summed E-state index contributed by atoms with van der Waals surface area (Å²) >= 11 is 0. The minimum absolute atomic E-state index is 0.534. The van der Waals surface area contributed by atoms with E-state index in [4.69, 9.17) is 9.47 Å². The summed E-state index contributed by atoms with van der Waals surface area (Å²) in [4.78, 5) is 10.7. The minimum Gasteiger partial charge on any atom is -0.493 e. The fourth-order valence-corrected chi connectivity index (χ4v) is 2.32. The number of nitrogens with zero attached hydrogens (tertiary/aromatic N) is 3. The predicted molar refractivity (Wildman–Crippen MR) is 76.5 cm³/mol. The van der Waals surface area contributed by atoms with E-state index in [1.54, 1.807) is 13.4 Å². The molecule has 1 saturated heterocycles. The van der Waals surface area contributed by atoms with Crippen LogP contribution >= 0.6 is 0 Å². The molecule has 0 aliphatic carbocycles. The van der Waals surface area contributed by atoms with Crippen LogP contribution in [0, 0.1) is 0 Å². The van der Waals surface area contributed by atoms with E-state index in [2.05, 4.69) is 14.9 Å². The summed E-state index contributed by atoms with van der Waals surface area (Å²) in [7, 11) is 1.62. The Morgan fingerprint density at radius 1 is 1.05 bits per heavy atom. The highest BCUT2D eigenvalue weighted by atomic mass is 16.5. The lowest BCUT2D eigenvalue weighted by molar-refractivity contribution is 0.374. The van der Waals surface area contributed by atoms with Crippen LogP contribution in [0.1, 0.15) is 12.8 Å². The van der Waals surface area contributed by atoms with E-state index in [1.165, 1.54) is 12.8 Å². The molecule has 104 valence electrons. The summed E-state index contributed by atoms with van der Waals surface area (Å²) in [5.74, 6) is 2.80. The van der Waals surface area contributed by atoms with Crippen LogP contribution in [0.4, 0.5) is 5.82 Å². The van der Waals surface area contributed by atoms with E-state index in [1.807, 2.05) is 30.3 Å². The van der Waals surface area contributed by atoms with Crippen molar-refractivity contribution in [1.29, 1.82) is 0 Å². The number of para-hydroxylation sites is 2. The number of hydrogen-bond donors (Lipinski definition) is 0. The molecule has 1 aromatic heterocycles. The summed E-state index contributed by atoms with van der Waals surface area (Å²) in [6, 6.07) is 9.40. The van der Waals surface area contributed by atoms with Gasteiger partial charge in [0.2, 0.25) is 5.88 Å². The fourth-order valence-electron chi connectivity index (χ4n) is 2.32. The highest BCUT2D eigenvalue weighted by Gasteiger charge is 2.15. The molecule has 0 radical (unpaired) electrons. The largest absolute Gasteiger partial charge is 0.493 e. The van der Waals surface area contributed by atoms with Crippen molar-refractivity contribution in [3.05, 3.63) is 36.7 Å². The van der Waals surface area contributed by atoms with Crippen molar-refractivity contribution in [2.45, 2.75) is 12.8 Å². The third-order valence-corrected chi connectivity index (χ3v) is 3.34. The van der Waals surface area contributed by atoms with Gasteiger partial charge >= 0.3 is 0 Å². The molecular weight excluding hydrogens is 254 g/mol. The molecule has 0 atom stereocenters. The first-order valence-corrected chi connectivity index (χ1v) is 6.74. The van der Waals surface area contributed by atoms with Crippen LogP contribution in [-0.2, 0) is 0 Å². The molecule has 1 aliphatic rings. The van der Waals surface area contributed by atoms with E-state index in [-0.39, 0.29) is 0 Å². The van der Waals surface area contributed by atoms with Gasteiger partial charge in [-0.3, -0.25) is 0 Å². The van der Waals surface area contributed by atoms with Gasteiger partial charge < -0.3 is 14.4 Å². The second-order valence-corrected chi connectivity index (χ2v) is 4.66. The first kappa shape index (κ1) is 12.7. The molecule has 0 saturated carbocycles. The van der Waals surface area contributed by atoms with Crippen molar-refractivity contribution in [2.75, 3.05) is 25.1 Å². The molecule has 0 N–H and O–H groups in total.